The molecule has 0 bridgehead atoms. The Morgan fingerprint density at radius 3 is 2.43 bits per heavy atom. The number of carbonyl (C=O) groups excluding carboxylic acids is 1. The number of aryl methyl sites for hydroxylation is 2. The van der Waals surface area contributed by atoms with Gasteiger partial charge in [-0.05, 0) is 66.6 Å². The van der Waals surface area contributed by atoms with Gasteiger partial charge in [0.2, 0.25) is 0 Å². The zero-order chi connectivity index (χ0) is 25.2. The van der Waals surface area contributed by atoms with E-state index in [1.807, 2.05) is 17.0 Å². The number of hydrogen-bond acceptors (Lipinski definition) is 4. The molecule has 0 N–H and O–H groups in total. The summed E-state index contributed by atoms with van der Waals surface area (Å²) in [5, 5.41) is 0. The van der Waals surface area contributed by atoms with Crippen LogP contribution >= 0.6 is 0 Å². The van der Waals surface area contributed by atoms with Crippen LogP contribution in [0.5, 0.6) is 5.75 Å². The summed E-state index contributed by atoms with van der Waals surface area (Å²) in [6.45, 7) is 14.0. The van der Waals surface area contributed by atoms with E-state index in [9.17, 15) is 4.79 Å². The topological polar surface area (TPSA) is 45.9 Å². The van der Waals surface area contributed by atoms with Crippen molar-refractivity contribution in [2.45, 2.75) is 52.9 Å². The van der Waals surface area contributed by atoms with Crippen molar-refractivity contribution in [2.24, 2.45) is 0 Å². The van der Waals surface area contributed by atoms with E-state index in [1.54, 1.807) is 13.2 Å². The molecule has 0 aliphatic carbocycles. The van der Waals surface area contributed by atoms with Crippen LogP contribution in [0.25, 0.3) is 0 Å². The lowest BCUT2D eigenvalue weighted by Gasteiger charge is -2.36. The fourth-order valence-electron chi connectivity index (χ4n) is 4.68. The van der Waals surface area contributed by atoms with Gasteiger partial charge < -0.3 is 19.0 Å². The van der Waals surface area contributed by atoms with Crippen LogP contribution in [-0.2, 0) is 11.8 Å². The molecule has 5 nitrogen and oxygen atoms in total. The van der Waals surface area contributed by atoms with Crippen molar-refractivity contribution in [1.29, 1.82) is 0 Å². The number of anilines is 1. The van der Waals surface area contributed by atoms with Crippen LogP contribution in [-0.4, -0.2) is 44.1 Å². The lowest BCUT2D eigenvalue weighted by molar-refractivity contribution is 0.0713. The van der Waals surface area contributed by atoms with E-state index >= 15 is 0 Å². The molecule has 2 heterocycles. The largest absolute Gasteiger partial charge is 0.496 e. The summed E-state index contributed by atoms with van der Waals surface area (Å²) in [6, 6.07) is 16.6. The van der Waals surface area contributed by atoms with Gasteiger partial charge in [-0.25, -0.2) is 0 Å². The van der Waals surface area contributed by atoms with Gasteiger partial charge in [0.25, 0.3) is 5.91 Å². The Morgan fingerprint density at radius 1 is 1.00 bits per heavy atom. The van der Waals surface area contributed by atoms with E-state index < -0.39 is 0 Å². The predicted octanol–water partition coefficient (Wildman–Crippen LogP) is 6.15. The molecule has 5 heteroatoms. The highest BCUT2D eigenvalue weighted by Crippen LogP contribution is 2.32. The lowest BCUT2D eigenvalue weighted by atomic mass is 9.81. The van der Waals surface area contributed by atoms with E-state index in [2.05, 4.69) is 69.9 Å². The zero-order valence-electron chi connectivity index (χ0n) is 22.0. The van der Waals surface area contributed by atoms with Crippen LogP contribution in [0, 0.1) is 13.8 Å². The van der Waals surface area contributed by atoms with Gasteiger partial charge in [-0.2, -0.15) is 0 Å². The quantitative estimate of drug-likeness (QED) is 0.412. The lowest BCUT2D eigenvalue weighted by Crippen LogP contribution is -2.49. The third kappa shape index (κ3) is 5.39. The molecule has 1 saturated heterocycles. The molecule has 0 radical (unpaired) electrons. The molecule has 0 atom stereocenters. The van der Waals surface area contributed by atoms with Crippen molar-refractivity contribution < 1.29 is 13.9 Å². The van der Waals surface area contributed by atoms with Crippen molar-refractivity contribution in [3.05, 3.63) is 82.3 Å². The number of methoxy groups -OCH3 is 1. The number of rotatable bonds is 7. The van der Waals surface area contributed by atoms with Gasteiger partial charge in [0.05, 0.1) is 7.11 Å². The average Bonchev–Trinajstić information content (AvgIpc) is 3.33. The number of carbonyl (C=O) groups is 1. The number of furan rings is 1. The number of ether oxygens (including phenoxy) is 1. The van der Waals surface area contributed by atoms with Crippen molar-refractivity contribution in [2.75, 3.05) is 38.2 Å². The maximum Gasteiger partial charge on any atom is 0.289 e. The monoisotopic (exact) mass is 474 g/mol. The highest BCUT2D eigenvalue weighted by atomic mass is 16.5. The number of benzene rings is 2. The molecule has 3 aromatic rings. The second kappa shape index (κ2) is 10.2. The number of hydrogen-bond donors (Lipinski definition) is 0. The Morgan fingerprint density at radius 2 is 1.74 bits per heavy atom. The number of piperazine rings is 1. The number of amides is 1. The molecule has 4 rings (SSSR count). The average molecular weight is 475 g/mol. The fraction of sp³-hybridized carbons (Fsp3) is 0.433. The molecule has 1 amide bonds. The Bertz CT molecular complexity index is 1190. The summed E-state index contributed by atoms with van der Waals surface area (Å²) in [6.07, 6.45) is 1.64. The third-order valence-electron chi connectivity index (χ3n) is 7.46. The van der Waals surface area contributed by atoms with Crippen molar-refractivity contribution in [1.82, 2.24) is 4.90 Å². The first-order chi connectivity index (χ1) is 16.7. The van der Waals surface area contributed by atoms with Crippen molar-refractivity contribution >= 4 is 11.6 Å². The minimum Gasteiger partial charge on any atom is -0.496 e. The van der Waals surface area contributed by atoms with Gasteiger partial charge in [0, 0.05) is 43.9 Å². The van der Waals surface area contributed by atoms with Crippen LogP contribution in [0.15, 0.2) is 52.9 Å². The van der Waals surface area contributed by atoms with Gasteiger partial charge in [-0.1, -0.05) is 45.0 Å². The van der Waals surface area contributed by atoms with E-state index in [-0.39, 0.29) is 11.3 Å². The summed E-state index contributed by atoms with van der Waals surface area (Å²) >= 11 is 0. The second-order valence-electron chi connectivity index (χ2n) is 10.3. The second-order valence-corrected chi connectivity index (χ2v) is 10.3. The molecule has 1 fully saturated rings. The van der Waals surface area contributed by atoms with Gasteiger partial charge in [0.15, 0.2) is 5.76 Å². The minimum absolute atomic E-state index is 0.0373. The molecular weight excluding hydrogens is 436 g/mol. The molecule has 0 spiro atoms. The third-order valence-corrected chi connectivity index (χ3v) is 7.46. The van der Waals surface area contributed by atoms with Crippen LogP contribution < -0.4 is 9.64 Å². The first kappa shape index (κ1) is 24.9. The minimum atomic E-state index is -0.0373. The molecule has 1 aliphatic rings. The molecule has 0 unspecified atom stereocenters. The zero-order valence-corrected chi connectivity index (χ0v) is 22.0. The molecule has 1 aromatic heterocycles. The first-order valence-electron chi connectivity index (χ1n) is 12.6. The maximum absolute atomic E-state index is 13.2. The summed E-state index contributed by atoms with van der Waals surface area (Å²) in [5.74, 6) is 1.98. The summed E-state index contributed by atoms with van der Waals surface area (Å²) in [5.41, 5.74) is 6.23. The van der Waals surface area contributed by atoms with Crippen LogP contribution in [0.1, 0.15) is 65.8 Å². The summed E-state index contributed by atoms with van der Waals surface area (Å²) in [7, 11) is 1.69. The predicted molar refractivity (Wildman–Crippen MR) is 142 cm³/mol. The van der Waals surface area contributed by atoms with Crippen molar-refractivity contribution in [3.63, 3.8) is 0 Å². The summed E-state index contributed by atoms with van der Waals surface area (Å²) in [4.78, 5) is 17.4. The highest BCUT2D eigenvalue weighted by molar-refractivity contribution is 5.91. The maximum atomic E-state index is 13.2. The molecule has 2 aromatic carbocycles. The van der Waals surface area contributed by atoms with Crippen LogP contribution in [0.2, 0.25) is 0 Å². The molecule has 1 aliphatic heterocycles. The molecular formula is C30H38N2O3. The Labute approximate surface area is 209 Å². The summed E-state index contributed by atoms with van der Waals surface area (Å²) < 4.78 is 11.6. The normalized spacial score (nSPS) is 14.3. The first-order valence-corrected chi connectivity index (χ1v) is 12.6. The highest BCUT2D eigenvalue weighted by Gasteiger charge is 2.25. The van der Waals surface area contributed by atoms with E-state index in [0.717, 1.165) is 36.6 Å². The Kier molecular flexibility index (Phi) is 7.25. The smallest absolute Gasteiger partial charge is 0.289 e. The Hall–Kier alpha value is -3.21. The van der Waals surface area contributed by atoms with Gasteiger partial charge in [-0.15, -0.1) is 0 Å². The van der Waals surface area contributed by atoms with Gasteiger partial charge in [0.1, 0.15) is 11.5 Å². The van der Waals surface area contributed by atoms with E-state index in [0.29, 0.717) is 25.3 Å². The SMILES string of the molecule is CCC(C)(C)c1ccc(OC)c(Cc2ccc(C(=O)N3CCN(c4cc(C)ccc4C)CC3)o2)c1. The van der Waals surface area contributed by atoms with Gasteiger partial charge in [-0.3, -0.25) is 4.79 Å². The standard InChI is InChI=1S/C30H38N2O3/c1-7-30(4,5)24-10-12-27(34-6)23(19-24)20-25-11-13-28(35-25)29(33)32-16-14-31(15-17-32)26-18-21(2)8-9-22(26)3/h8-13,18-19H,7,14-17,20H2,1-6H3. The molecule has 35 heavy (non-hydrogen) atoms. The fourth-order valence-corrected chi connectivity index (χ4v) is 4.68. The van der Waals surface area contributed by atoms with E-state index in [1.165, 1.54) is 22.4 Å². The number of nitrogens with zero attached hydrogens (tertiary/aromatic N) is 2. The van der Waals surface area contributed by atoms with Crippen molar-refractivity contribution in [3.8, 4) is 5.75 Å². The molecule has 0 saturated carbocycles. The molecule has 186 valence electrons. The van der Waals surface area contributed by atoms with Crippen LogP contribution in [0.4, 0.5) is 5.69 Å². The van der Waals surface area contributed by atoms with E-state index in [4.69, 9.17) is 9.15 Å². The Balaban J connectivity index is 1.43. The van der Waals surface area contributed by atoms with Gasteiger partial charge >= 0.3 is 0 Å². The van der Waals surface area contributed by atoms with Crippen LogP contribution in [0.3, 0.4) is 0 Å².